The predicted molar refractivity (Wildman–Crippen MR) is 76.1 cm³/mol. The van der Waals surface area contributed by atoms with Crippen LogP contribution in [0.25, 0.3) is 0 Å². The minimum Gasteiger partial charge on any atom is -0.326 e. The second kappa shape index (κ2) is 5.69. The molecule has 1 amide bonds. The molecular weight excluding hydrogens is 238 g/mol. The SMILES string of the molecule is Cc1cnn(CCC(=O)Nc2cccc(C)c2C)c1. The second-order valence-corrected chi connectivity index (χ2v) is 4.83. The number of hydrogen-bond donors (Lipinski definition) is 1. The quantitative estimate of drug-likeness (QED) is 0.915. The molecule has 19 heavy (non-hydrogen) atoms. The highest BCUT2D eigenvalue weighted by Crippen LogP contribution is 2.18. The van der Waals surface area contributed by atoms with Gasteiger partial charge in [0.2, 0.25) is 5.91 Å². The number of nitrogens with zero attached hydrogens (tertiary/aromatic N) is 2. The Labute approximate surface area is 113 Å². The third-order valence-electron chi connectivity index (χ3n) is 3.21. The van der Waals surface area contributed by atoms with Crippen LogP contribution in [-0.2, 0) is 11.3 Å². The van der Waals surface area contributed by atoms with Gasteiger partial charge in [0.1, 0.15) is 0 Å². The fourth-order valence-electron chi connectivity index (χ4n) is 1.90. The fourth-order valence-corrected chi connectivity index (χ4v) is 1.90. The van der Waals surface area contributed by atoms with Crippen molar-refractivity contribution in [3.63, 3.8) is 0 Å². The van der Waals surface area contributed by atoms with Crippen molar-refractivity contribution in [2.45, 2.75) is 33.7 Å². The summed E-state index contributed by atoms with van der Waals surface area (Å²) in [7, 11) is 0. The van der Waals surface area contributed by atoms with Crippen LogP contribution in [0.5, 0.6) is 0 Å². The first-order valence-electron chi connectivity index (χ1n) is 6.41. The lowest BCUT2D eigenvalue weighted by Crippen LogP contribution is -2.15. The smallest absolute Gasteiger partial charge is 0.226 e. The fraction of sp³-hybridized carbons (Fsp3) is 0.333. The summed E-state index contributed by atoms with van der Waals surface area (Å²) in [6.07, 6.45) is 4.16. The van der Waals surface area contributed by atoms with E-state index >= 15 is 0 Å². The molecule has 0 saturated heterocycles. The second-order valence-electron chi connectivity index (χ2n) is 4.83. The lowest BCUT2D eigenvalue weighted by Gasteiger charge is -2.10. The van der Waals surface area contributed by atoms with Gasteiger partial charge in [-0.3, -0.25) is 9.48 Å². The van der Waals surface area contributed by atoms with Crippen LogP contribution < -0.4 is 5.32 Å². The van der Waals surface area contributed by atoms with Gasteiger partial charge in [-0.05, 0) is 43.5 Å². The number of rotatable bonds is 4. The third kappa shape index (κ3) is 3.44. The Morgan fingerprint density at radius 3 is 2.79 bits per heavy atom. The maximum Gasteiger partial charge on any atom is 0.226 e. The summed E-state index contributed by atoms with van der Waals surface area (Å²) in [5, 5.41) is 7.11. The van der Waals surface area contributed by atoms with E-state index in [1.54, 1.807) is 10.9 Å². The van der Waals surface area contributed by atoms with Crippen LogP contribution in [0.15, 0.2) is 30.6 Å². The van der Waals surface area contributed by atoms with Crippen LogP contribution in [0.2, 0.25) is 0 Å². The summed E-state index contributed by atoms with van der Waals surface area (Å²) in [6.45, 7) is 6.64. The lowest BCUT2D eigenvalue weighted by molar-refractivity contribution is -0.116. The zero-order chi connectivity index (χ0) is 13.8. The van der Waals surface area contributed by atoms with Crippen LogP contribution in [-0.4, -0.2) is 15.7 Å². The Morgan fingerprint density at radius 1 is 1.32 bits per heavy atom. The summed E-state index contributed by atoms with van der Waals surface area (Å²) in [5.41, 5.74) is 4.29. The first-order valence-corrected chi connectivity index (χ1v) is 6.41. The molecule has 4 nitrogen and oxygen atoms in total. The molecule has 4 heteroatoms. The van der Waals surface area contributed by atoms with E-state index in [0.29, 0.717) is 13.0 Å². The molecule has 0 radical (unpaired) electrons. The molecule has 0 bridgehead atoms. The van der Waals surface area contributed by atoms with Gasteiger partial charge in [0.25, 0.3) is 0 Å². The molecule has 2 aromatic rings. The van der Waals surface area contributed by atoms with Crippen molar-refractivity contribution in [3.05, 3.63) is 47.3 Å². The minimum atomic E-state index is 0.0156. The molecule has 2 rings (SSSR count). The molecule has 0 saturated carbocycles. The van der Waals surface area contributed by atoms with Gasteiger partial charge in [0, 0.05) is 24.8 Å². The zero-order valence-corrected chi connectivity index (χ0v) is 11.6. The number of carbonyl (C=O) groups excluding carboxylic acids is 1. The zero-order valence-electron chi connectivity index (χ0n) is 11.6. The van der Waals surface area contributed by atoms with Gasteiger partial charge >= 0.3 is 0 Å². The molecule has 1 aromatic heterocycles. The van der Waals surface area contributed by atoms with Gasteiger partial charge in [-0.25, -0.2) is 0 Å². The number of amides is 1. The maximum atomic E-state index is 11.9. The topological polar surface area (TPSA) is 46.9 Å². The van der Waals surface area contributed by atoms with E-state index in [1.165, 1.54) is 5.56 Å². The summed E-state index contributed by atoms with van der Waals surface area (Å²) < 4.78 is 1.79. The Morgan fingerprint density at radius 2 is 2.11 bits per heavy atom. The summed E-state index contributed by atoms with van der Waals surface area (Å²) >= 11 is 0. The number of carbonyl (C=O) groups is 1. The summed E-state index contributed by atoms with van der Waals surface area (Å²) in [5.74, 6) is 0.0156. The highest BCUT2D eigenvalue weighted by Gasteiger charge is 2.06. The average molecular weight is 257 g/mol. The normalized spacial score (nSPS) is 10.5. The molecule has 1 heterocycles. The molecule has 0 aliphatic heterocycles. The van der Waals surface area contributed by atoms with Gasteiger partial charge < -0.3 is 5.32 Å². The van der Waals surface area contributed by atoms with E-state index in [1.807, 2.05) is 45.2 Å². The van der Waals surface area contributed by atoms with Gasteiger partial charge in [-0.1, -0.05) is 12.1 Å². The van der Waals surface area contributed by atoms with Crippen molar-refractivity contribution in [1.82, 2.24) is 9.78 Å². The third-order valence-corrected chi connectivity index (χ3v) is 3.21. The Balaban J connectivity index is 1.92. The van der Waals surface area contributed by atoms with Gasteiger partial charge in [0.05, 0.1) is 6.20 Å². The molecular formula is C15H19N3O. The minimum absolute atomic E-state index is 0.0156. The van der Waals surface area contributed by atoms with Crippen molar-refractivity contribution in [2.75, 3.05) is 5.32 Å². The standard InChI is InChI=1S/C15H19N3O/c1-11-9-16-18(10-11)8-7-15(19)17-14-6-4-5-12(2)13(14)3/h4-6,9-10H,7-8H2,1-3H3,(H,17,19). The molecule has 0 unspecified atom stereocenters. The molecule has 0 aliphatic carbocycles. The van der Waals surface area contributed by atoms with E-state index in [4.69, 9.17) is 0 Å². The summed E-state index contributed by atoms with van der Waals surface area (Å²) in [6, 6.07) is 5.92. The Bertz CT molecular complexity index is 587. The van der Waals surface area contributed by atoms with Crippen LogP contribution in [0, 0.1) is 20.8 Å². The lowest BCUT2D eigenvalue weighted by atomic mass is 10.1. The van der Waals surface area contributed by atoms with Crippen molar-refractivity contribution < 1.29 is 4.79 Å². The highest BCUT2D eigenvalue weighted by atomic mass is 16.1. The first-order chi connectivity index (χ1) is 9.06. The van der Waals surface area contributed by atoms with Crippen LogP contribution in [0.4, 0.5) is 5.69 Å². The van der Waals surface area contributed by atoms with E-state index < -0.39 is 0 Å². The number of aromatic nitrogens is 2. The largest absolute Gasteiger partial charge is 0.326 e. The van der Waals surface area contributed by atoms with Crippen molar-refractivity contribution in [3.8, 4) is 0 Å². The molecule has 0 fully saturated rings. The van der Waals surface area contributed by atoms with Crippen LogP contribution >= 0.6 is 0 Å². The number of nitrogens with one attached hydrogen (secondary N) is 1. The van der Waals surface area contributed by atoms with Gasteiger partial charge in [0.15, 0.2) is 0 Å². The van der Waals surface area contributed by atoms with E-state index in [9.17, 15) is 4.79 Å². The van der Waals surface area contributed by atoms with Crippen LogP contribution in [0.1, 0.15) is 23.1 Å². The number of anilines is 1. The van der Waals surface area contributed by atoms with Crippen molar-refractivity contribution in [2.24, 2.45) is 0 Å². The number of aryl methyl sites for hydroxylation is 3. The average Bonchev–Trinajstić information content (AvgIpc) is 2.78. The monoisotopic (exact) mass is 257 g/mol. The number of hydrogen-bond acceptors (Lipinski definition) is 2. The molecule has 0 atom stereocenters. The molecule has 100 valence electrons. The molecule has 1 aromatic carbocycles. The molecule has 0 aliphatic rings. The molecule has 0 spiro atoms. The Kier molecular flexibility index (Phi) is 4.00. The summed E-state index contributed by atoms with van der Waals surface area (Å²) in [4.78, 5) is 11.9. The highest BCUT2D eigenvalue weighted by molar-refractivity contribution is 5.91. The first kappa shape index (κ1) is 13.3. The molecule has 1 N–H and O–H groups in total. The predicted octanol–water partition coefficient (Wildman–Crippen LogP) is 2.84. The van der Waals surface area contributed by atoms with E-state index in [2.05, 4.69) is 10.4 Å². The number of benzene rings is 1. The van der Waals surface area contributed by atoms with Crippen molar-refractivity contribution in [1.29, 1.82) is 0 Å². The van der Waals surface area contributed by atoms with Crippen LogP contribution in [0.3, 0.4) is 0 Å². The van der Waals surface area contributed by atoms with Gasteiger partial charge in [-0.2, -0.15) is 5.10 Å². The Hall–Kier alpha value is -2.10. The van der Waals surface area contributed by atoms with E-state index in [0.717, 1.165) is 16.8 Å². The van der Waals surface area contributed by atoms with Gasteiger partial charge in [-0.15, -0.1) is 0 Å². The van der Waals surface area contributed by atoms with Crippen molar-refractivity contribution >= 4 is 11.6 Å². The van der Waals surface area contributed by atoms with E-state index in [-0.39, 0.29) is 5.91 Å². The maximum absolute atomic E-state index is 11.9.